The van der Waals surface area contributed by atoms with E-state index in [1.54, 1.807) is 12.1 Å². The largest absolute Gasteiger partial charge is 0.509 e. The topological polar surface area (TPSA) is 69.6 Å². The van der Waals surface area contributed by atoms with Crippen LogP contribution >= 0.6 is 0 Å². The number of amides is 2. The molecule has 0 fully saturated rings. The Hall–Kier alpha value is -3.08. The first-order chi connectivity index (χ1) is 12.9. The van der Waals surface area contributed by atoms with Crippen molar-refractivity contribution in [3.63, 3.8) is 0 Å². The van der Waals surface area contributed by atoms with E-state index < -0.39 is 11.8 Å². The van der Waals surface area contributed by atoms with Crippen LogP contribution in [0.15, 0.2) is 59.9 Å². The molecule has 0 spiro atoms. The van der Waals surface area contributed by atoms with Gasteiger partial charge in [-0.3, -0.25) is 9.59 Å². The van der Waals surface area contributed by atoms with Gasteiger partial charge >= 0.3 is 0 Å². The first kappa shape index (κ1) is 18.7. The minimum atomic E-state index is -0.584. The average molecular weight is 364 g/mol. The summed E-state index contributed by atoms with van der Waals surface area (Å²) in [4.78, 5) is 27.0. The van der Waals surface area contributed by atoms with Gasteiger partial charge in [0.1, 0.15) is 11.3 Å². The number of hydrogen-bond acceptors (Lipinski definition) is 3. The van der Waals surface area contributed by atoms with E-state index in [0.717, 1.165) is 17.5 Å². The fourth-order valence-corrected chi connectivity index (χ4v) is 3.24. The molecule has 1 aliphatic rings. The number of benzene rings is 2. The first-order valence-corrected chi connectivity index (χ1v) is 9.15. The lowest BCUT2D eigenvalue weighted by Crippen LogP contribution is -2.30. The number of aliphatic hydroxyl groups excluding tert-OH is 1. The molecule has 2 N–H and O–H groups in total. The smallest absolute Gasteiger partial charge is 0.267 e. The summed E-state index contributed by atoms with van der Waals surface area (Å²) in [5, 5.41) is 13.1. The van der Waals surface area contributed by atoms with Crippen LogP contribution in [0.4, 0.5) is 11.4 Å². The first-order valence-electron chi connectivity index (χ1n) is 9.15. The van der Waals surface area contributed by atoms with Crippen molar-refractivity contribution in [2.24, 2.45) is 0 Å². The van der Waals surface area contributed by atoms with Gasteiger partial charge in [0.2, 0.25) is 0 Å². The molecule has 0 bridgehead atoms. The quantitative estimate of drug-likeness (QED) is 0.783. The van der Waals surface area contributed by atoms with E-state index in [0.29, 0.717) is 11.4 Å². The standard InChI is InChI=1S/C22H24N2O3/c1-4-15-8-7-9-16(12-15)24-13-19(25)20(22(24)27)21(26)23-18-11-6-5-10-17(18)14(2)3/h5-12,14,25H,4,13H2,1-3H3,(H,23,26). The molecule has 2 aromatic rings. The third-order valence-electron chi connectivity index (χ3n) is 4.74. The normalized spacial score (nSPS) is 14.2. The molecule has 0 unspecified atom stereocenters. The van der Waals surface area contributed by atoms with Crippen molar-refractivity contribution in [3.8, 4) is 0 Å². The molecule has 5 heteroatoms. The summed E-state index contributed by atoms with van der Waals surface area (Å²) in [6, 6.07) is 15.0. The maximum Gasteiger partial charge on any atom is 0.267 e. The van der Waals surface area contributed by atoms with Gasteiger partial charge in [-0.2, -0.15) is 0 Å². The molecule has 140 valence electrons. The van der Waals surface area contributed by atoms with E-state index in [9.17, 15) is 14.7 Å². The van der Waals surface area contributed by atoms with Gasteiger partial charge in [0.05, 0.1) is 6.54 Å². The third-order valence-corrected chi connectivity index (χ3v) is 4.74. The molecular formula is C22H24N2O3. The Labute approximate surface area is 159 Å². The molecule has 5 nitrogen and oxygen atoms in total. The molecule has 0 saturated heterocycles. The Bertz CT molecular complexity index is 915. The molecular weight excluding hydrogens is 340 g/mol. The molecule has 2 aromatic carbocycles. The van der Waals surface area contributed by atoms with Crippen molar-refractivity contribution in [1.29, 1.82) is 0 Å². The number of para-hydroxylation sites is 1. The second kappa shape index (κ2) is 7.66. The summed E-state index contributed by atoms with van der Waals surface area (Å²) in [7, 11) is 0. The van der Waals surface area contributed by atoms with E-state index >= 15 is 0 Å². The summed E-state index contributed by atoms with van der Waals surface area (Å²) in [6.07, 6.45) is 0.842. The van der Waals surface area contributed by atoms with E-state index in [1.807, 2.05) is 57.2 Å². The minimum Gasteiger partial charge on any atom is -0.509 e. The van der Waals surface area contributed by atoms with Crippen LogP contribution in [0.5, 0.6) is 0 Å². The highest BCUT2D eigenvalue weighted by molar-refractivity contribution is 6.29. The van der Waals surface area contributed by atoms with Crippen molar-refractivity contribution < 1.29 is 14.7 Å². The molecule has 2 amide bonds. The molecule has 1 aliphatic heterocycles. The SMILES string of the molecule is CCc1cccc(N2CC(O)=C(C(=O)Nc3ccccc3C(C)C)C2=O)c1. The Morgan fingerprint density at radius 3 is 2.63 bits per heavy atom. The predicted octanol–water partition coefficient (Wildman–Crippen LogP) is 4.17. The maximum atomic E-state index is 12.8. The summed E-state index contributed by atoms with van der Waals surface area (Å²) in [6.45, 7) is 6.10. The number of carbonyl (C=O) groups excluding carboxylic acids is 2. The zero-order valence-corrected chi connectivity index (χ0v) is 15.8. The fraction of sp³-hybridized carbons (Fsp3) is 0.273. The predicted molar refractivity (Wildman–Crippen MR) is 107 cm³/mol. The Morgan fingerprint density at radius 2 is 1.93 bits per heavy atom. The van der Waals surface area contributed by atoms with Gasteiger partial charge in [-0.1, -0.05) is 51.1 Å². The lowest BCUT2D eigenvalue weighted by atomic mass is 10.0. The highest BCUT2D eigenvalue weighted by atomic mass is 16.3. The Kier molecular flexibility index (Phi) is 5.31. The zero-order chi connectivity index (χ0) is 19.6. The van der Waals surface area contributed by atoms with E-state index in [1.165, 1.54) is 4.90 Å². The van der Waals surface area contributed by atoms with Crippen LogP contribution in [0.25, 0.3) is 0 Å². The van der Waals surface area contributed by atoms with Crippen LogP contribution in [0.1, 0.15) is 37.8 Å². The van der Waals surface area contributed by atoms with Crippen molar-refractivity contribution in [3.05, 3.63) is 71.0 Å². The highest BCUT2D eigenvalue weighted by Crippen LogP contribution is 2.28. The molecule has 3 rings (SSSR count). The van der Waals surface area contributed by atoms with Crippen LogP contribution in [-0.4, -0.2) is 23.5 Å². The number of aliphatic hydroxyl groups is 1. The molecule has 0 saturated carbocycles. The van der Waals surface area contributed by atoms with Gasteiger partial charge in [0.25, 0.3) is 11.8 Å². The zero-order valence-electron chi connectivity index (χ0n) is 15.8. The van der Waals surface area contributed by atoms with Crippen molar-refractivity contribution in [1.82, 2.24) is 0 Å². The lowest BCUT2D eigenvalue weighted by Gasteiger charge is -2.17. The van der Waals surface area contributed by atoms with Gasteiger partial charge < -0.3 is 15.3 Å². The Balaban J connectivity index is 1.83. The van der Waals surface area contributed by atoms with Gasteiger partial charge in [0.15, 0.2) is 0 Å². The number of nitrogens with one attached hydrogen (secondary N) is 1. The monoisotopic (exact) mass is 364 g/mol. The molecule has 27 heavy (non-hydrogen) atoms. The number of anilines is 2. The summed E-state index contributed by atoms with van der Waals surface area (Å²) in [5.74, 6) is -1.06. The summed E-state index contributed by atoms with van der Waals surface area (Å²) >= 11 is 0. The van der Waals surface area contributed by atoms with Gasteiger partial charge in [-0.05, 0) is 41.7 Å². The molecule has 0 aliphatic carbocycles. The lowest BCUT2D eigenvalue weighted by molar-refractivity contribution is -0.119. The molecule has 0 atom stereocenters. The number of rotatable bonds is 5. The van der Waals surface area contributed by atoms with E-state index in [4.69, 9.17) is 0 Å². The van der Waals surface area contributed by atoms with Crippen LogP contribution in [-0.2, 0) is 16.0 Å². The molecule has 0 radical (unpaired) electrons. The minimum absolute atomic E-state index is 0.000577. The Morgan fingerprint density at radius 1 is 1.19 bits per heavy atom. The fourth-order valence-electron chi connectivity index (χ4n) is 3.24. The molecule has 0 aromatic heterocycles. The van der Waals surface area contributed by atoms with Gasteiger partial charge in [-0.25, -0.2) is 0 Å². The van der Waals surface area contributed by atoms with Crippen LogP contribution in [0, 0.1) is 0 Å². The van der Waals surface area contributed by atoms with Crippen molar-refractivity contribution >= 4 is 23.2 Å². The number of hydrogen-bond donors (Lipinski definition) is 2. The van der Waals surface area contributed by atoms with Crippen LogP contribution in [0.3, 0.4) is 0 Å². The van der Waals surface area contributed by atoms with Gasteiger partial charge in [-0.15, -0.1) is 0 Å². The van der Waals surface area contributed by atoms with Gasteiger partial charge in [0, 0.05) is 11.4 Å². The third kappa shape index (κ3) is 3.72. The van der Waals surface area contributed by atoms with E-state index in [2.05, 4.69) is 5.32 Å². The van der Waals surface area contributed by atoms with Crippen molar-refractivity contribution in [2.45, 2.75) is 33.1 Å². The summed E-state index contributed by atoms with van der Waals surface area (Å²) in [5.41, 5.74) is 3.19. The molecule has 1 heterocycles. The maximum absolute atomic E-state index is 12.8. The number of aryl methyl sites for hydroxylation is 1. The van der Waals surface area contributed by atoms with Crippen molar-refractivity contribution in [2.75, 3.05) is 16.8 Å². The second-order valence-corrected chi connectivity index (χ2v) is 6.93. The van der Waals surface area contributed by atoms with Crippen LogP contribution in [0.2, 0.25) is 0 Å². The van der Waals surface area contributed by atoms with Crippen LogP contribution < -0.4 is 10.2 Å². The average Bonchev–Trinajstić information content (AvgIpc) is 2.96. The number of carbonyl (C=O) groups is 2. The number of nitrogens with zero attached hydrogens (tertiary/aromatic N) is 1. The second-order valence-electron chi connectivity index (χ2n) is 6.93. The highest BCUT2D eigenvalue weighted by Gasteiger charge is 2.36. The summed E-state index contributed by atoms with van der Waals surface area (Å²) < 4.78 is 0. The van der Waals surface area contributed by atoms with E-state index in [-0.39, 0.29) is 23.8 Å².